The Bertz CT molecular complexity index is 808. The fourth-order valence-electron chi connectivity index (χ4n) is 2.88. The Morgan fingerprint density at radius 3 is 2.56 bits per heavy atom. The average molecular weight is 350 g/mol. The van der Waals surface area contributed by atoms with E-state index in [2.05, 4.69) is 0 Å². The molecule has 25 heavy (non-hydrogen) atoms. The van der Waals surface area contributed by atoms with E-state index >= 15 is 0 Å². The largest absolute Gasteiger partial charge is 0.488 e. The van der Waals surface area contributed by atoms with Crippen LogP contribution in [-0.2, 0) is 12.8 Å². The van der Waals surface area contributed by atoms with Crippen LogP contribution in [0.5, 0.6) is 5.75 Å². The summed E-state index contributed by atoms with van der Waals surface area (Å²) in [5.74, 6) is -1.14. The van der Waals surface area contributed by atoms with Crippen LogP contribution in [0, 0.1) is 6.92 Å². The van der Waals surface area contributed by atoms with Crippen molar-refractivity contribution in [2.24, 2.45) is 0 Å². The highest BCUT2D eigenvalue weighted by Crippen LogP contribution is 2.43. The van der Waals surface area contributed by atoms with Crippen molar-refractivity contribution in [3.05, 3.63) is 64.2 Å². The molecule has 0 saturated heterocycles. The third-order valence-electron chi connectivity index (χ3n) is 4.27. The molecule has 3 nitrogen and oxygen atoms in total. The number of alkyl halides is 3. The molecule has 0 spiro atoms. The minimum atomic E-state index is -4.53. The summed E-state index contributed by atoms with van der Waals surface area (Å²) < 4.78 is 45.0. The summed E-state index contributed by atoms with van der Waals surface area (Å²) in [7, 11) is 0. The predicted molar refractivity (Wildman–Crippen MR) is 85.9 cm³/mol. The third kappa shape index (κ3) is 3.78. The van der Waals surface area contributed by atoms with Crippen LogP contribution in [0.4, 0.5) is 13.2 Å². The molecule has 0 aromatic heterocycles. The maximum absolute atomic E-state index is 13.2. The van der Waals surface area contributed by atoms with Crippen molar-refractivity contribution < 1.29 is 27.8 Å². The highest BCUT2D eigenvalue weighted by molar-refractivity contribution is 5.89. The van der Waals surface area contributed by atoms with Gasteiger partial charge >= 0.3 is 12.1 Å². The molecule has 0 bridgehead atoms. The summed E-state index contributed by atoms with van der Waals surface area (Å²) in [6.45, 7) is 1.37. The number of hydrogen-bond acceptors (Lipinski definition) is 2. The SMILES string of the molecule is Cc1ccc(OCc2c(C(=O)O)cccc2C2CC2)c(C(F)(F)F)c1. The van der Waals surface area contributed by atoms with Gasteiger partial charge in [0, 0.05) is 5.56 Å². The first kappa shape index (κ1) is 17.3. The molecule has 1 saturated carbocycles. The molecule has 0 aliphatic heterocycles. The van der Waals surface area contributed by atoms with E-state index < -0.39 is 17.7 Å². The van der Waals surface area contributed by atoms with Crippen molar-refractivity contribution in [3.8, 4) is 5.75 Å². The van der Waals surface area contributed by atoms with Gasteiger partial charge in [0.05, 0.1) is 11.1 Å². The Kier molecular flexibility index (Phi) is 4.45. The van der Waals surface area contributed by atoms with E-state index in [4.69, 9.17) is 4.74 Å². The van der Waals surface area contributed by atoms with Crippen LogP contribution in [-0.4, -0.2) is 11.1 Å². The third-order valence-corrected chi connectivity index (χ3v) is 4.27. The molecule has 1 aliphatic carbocycles. The molecule has 3 rings (SSSR count). The van der Waals surface area contributed by atoms with Gasteiger partial charge in [-0.3, -0.25) is 0 Å². The first-order chi connectivity index (χ1) is 11.8. The van der Waals surface area contributed by atoms with Gasteiger partial charge in [-0.15, -0.1) is 0 Å². The molecular formula is C19H17F3O3. The number of benzene rings is 2. The monoisotopic (exact) mass is 350 g/mol. The molecule has 132 valence electrons. The Balaban J connectivity index is 1.94. The fourth-order valence-corrected chi connectivity index (χ4v) is 2.88. The number of carboxylic acids is 1. The first-order valence-electron chi connectivity index (χ1n) is 7.93. The maximum Gasteiger partial charge on any atom is 0.419 e. The van der Waals surface area contributed by atoms with Gasteiger partial charge in [-0.2, -0.15) is 13.2 Å². The van der Waals surface area contributed by atoms with Gasteiger partial charge in [0.15, 0.2) is 0 Å². The molecule has 1 aliphatic rings. The molecule has 0 unspecified atom stereocenters. The molecule has 1 N–H and O–H groups in total. The molecule has 0 heterocycles. The number of ether oxygens (including phenoxy) is 1. The van der Waals surface area contributed by atoms with E-state index in [0.29, 0.717) is 11.1 Å². The van der Waals surface area contributed by atoms with E-state index in [9.17, 15) is 23.1 Å². The van der Waals surface area contributed by atoms with Crippen molar-refractivity contribution in [2.45, 2.75) is 38.5 Å². The van der Waals surface area contributed by atoms with Gasteiger partial charge in [0.2, 0.25) is 0 Å². The average Bonchev–Trinajstić information content (AvgIpc) is 3.37. The van der Waals surface area contributed by atoms with Crippen molar-refractivity contribution in [3.63, 3.8) is 0 Å². The van der Waals surface area contributed by atoms with Gasteiger partial charge in [-0.1, -0.05) is 23.8 Å². The highest BCUT2D eigenvalue weighted by Gasteiger charge is 2.35. The van der Waals surface area contributed by atoms with Crippen molar-refractivity contribution in [2.75, 3.05) is 0 Å². The Morgan fingerprint density at radius 1 is 1.24 bits per heavy atom. The van der Waals surface area contributed by atoms with Crippen molar-refractivity contribution in [1.82, 2.24) is 0 Å². The Labute approximate surface area is 143 Å². The highest BCUT2D eigenvalue weighted by atomic mass is 19.4. The standard InChI is InChI=1S/C19H17F3O3/c1-11-5-8-17(16(9-11)19(20,21)22)25-10-15-13(12-6-7-12)3-2-4-14(15)18(23)24/h2-5,8-9,12H,6-7,10H2,1H3,(H,23,24). The van der Waals surface area contributed by atoms with Crippen molar-refractivity contribution >= 4 is 5.97 Å². The van der Waals surface area contributed by atoms with Crippen LogP contribution in [0.2, 0.25) is 0 Å². The Hall–Kier alpha value is -2.50. The van der Waals surface area contributed by atoms with Gasteiger partial charge in [0.25, 0.3) is 0 Å². The summed E-state index contributed by atoms with van der Waals surface area (Å²) in [5.41, 5.74) is 0.995. The lowest BCUT2D eigenvalue weighted by molar-refractivity contribution is -0.139. The lowest BCUT2D eigenvalue weighted by atomic mass is 9.98. The summed E-state index contributed by atoms with van der Waals surface area (Å²) in [4.78, 5) is 11.5. The smallest absolute Gasteiger partial charge is 0.419 e. The number of rotatable bonds is 5. The maximum atomic E-state index is 13.2. The van der Waals surface area contributed by atoms with Crippen LogP contribution in [0.3, 0.4) is 0 Å². The van der Waals surface area contributed by atoms with Crippen LogP contribution in [0.25, 0.3) is 0 Å². The number of carboxylic acid groups (broad SMARTS) is 1. The quantitative estimate of drug-likeness (QED) is 0.809. The number of aromatic carboxylic acids is 1. The molecule has 2 aromatic carbocycles. The van der Waals surface area contributed by atoms with E-state index in [-0.39, 0.29) is 23.8 Å². The number of aryl methyl sites for hydroxylation is 1. The normalized spacial score (nSPS) is 14.4. The number of hydrogen-bond donors (Lipinski definition) is 1. The summed E-state index contributed by atoms with van der Waals surface area (Å²) in [6.07, 6.45) is -2.63. The predicted octanol–water partition coefficient (Wildman–Crippen LogP) is 5.17. The second kappa shape index (κ2) is 6.43. The lowest BCUT2D eigenvalue weighted by Gasteiger charge is -2.17. The topological polar surface area (TPSA) is 46.5 Å². The summed E-state index contributed by atoms with van der Waals surface area (Å²) >= 11 is 0. The molecular weight excluding hydrogens is 333 g/mol. The minimum absolute atomic E-state index is 0.0741. The zero-order valence-electron chi connectivity index (χ0n) is 13.6. The van der Waals surface area contributed by atoms with E-state index in [1.54, 1.807) is 13.0 Å². The van der Waals surface area contributed by atoms with E-state index in [1.807, 2.05) is 6.07 Å². The molecule has 6 heteroatoms. The van der Waals surface area contributed by atoms with E-state index in [0.717, 1.165) is 24.5 Å². The second-order valence-corrected chi connectivity index (χ2v) is 6.24. The summed E-state index contributed by atoms with van der Waals surface area (Å²) in [5, 5.41) is 9.37. The Morgan fingerprint density at radius 2 is 1.96 bits per heavy atom. The van der Waals surface area contributed by atoms with Gasteiger partial charge in [0.1, 0.15) is 12.4 Å². The van der Waals surface area contributed by atoms with Crippen molar-refractivity contribution in [1.29, 1.82) is 0 Å². The molecule has 0 radical (unpaired) electrons. The zero-order chi connectivity index (χ0) is 18.2. The molecule has 1 fully saturated rings. The summed E-state index contributed by atoms with van der Waals surface area (Å²) in [6, 6.07) is 8.77. The van der Waals surface area contributed by atoms with Gasteiger partial charge < -0.3 is 9.84 Å². The first-order valence-corrected chi connectivity index (χ1v) is 7.93. The van der Waals surface area contributed by atoms with Gasteiger partial charge in [-0.25, -0.2) is 4.79 Å². The zero-order valence-corrected chi connectivity index (χ0v) is 13.6. The van der Waals surface area contributed by atoms with E-state index in [1.165, 1.54) is 18.2 Å². The lowest BCUT2D eigenvalue weighted by Crippen LogP contribution is -2.12. The number of carbonyl (C=O) groups is 1. The molecule has 0 amide bonds. The van der Waals surface area contributed by atoms with Gasteiger partial charge in [-0.05, 0) is 49.4 Å². The van der Waals surface area contributed by atoms with Crippen LogP contribution in [0.1, 0.15) is 51.4 Å². The number of halogens is 3. The fraction of sp³-hybridized carbons (Fsp3) is 0.316. The molecule has 0 atom stereocenters. The van der Waals surface area contributed by atoms with Crippen LogP contribution >= 0.6 is 0 Å². The minimum Gasteiger partial charge on any atom is -0.488 e. The van der Waals surface area contributed by atoms with Crippen LogP contribution < -0.4 is 4.74 Å². The molecule has 2 aromatic rings. The van der Waals surface area contributed by atoms with Crippen LogP contribution in [0.15, 0.2) is 36.4 Å². The second-order valence-electron chi connectivity index (χ2n) is 6.24.